The molecule has 1 fully saturated rings. The summed E-state index contributed by atoms with van der Waals surface area (Å²) < 4.78 is 11.8. The van der Waals surface area contributed by atoms with Crippen LogP contribution < -0.4 is 10.2 Å². The molecule has 2 atom stereocenters. The fourth-order valence-electron chi connectivity index (χ4n) is 3.30. The molecule has 1 amide bonds. The fraction of sp³-hybridized carbons (Fsp3) is 0.667. The zero-order valence-electron chi connectivity index (χ0n) is 13.2. The van der Waals surface area contributed by atoms with Crippen LogP contribution in [0.2, 0.25) is 0 Å². The molecule has 0 bridgehead atoms. The van der Waals surface area contributed by atoms with Crippen molar-refractivity contribution in [2.45, 2.75) is 56.0 Å². The van der Waals surface area contributed by atoms with Crippen molar-refractivity contribution in [2.75, 3.05) is 17.7 Å². The summed E-state index contributed by atoms with van der Waals surface area (Å²) in [6.45, 7) is 0.509. The lowest BCUT2D eigenvalue weighted by Crippen LogP contribution is -2.51. The number of hydrogen-bond acceptors (Lipinski definition) is 6. The van der Waals surface area contributed by atoms with Gasteiger partial charge in [-0.1, -0.05) is 12.8 Å². The molecule has 2 unspecified atom stereocenters. The molecular formula is C15H22N4O3S. The number of hydrogen-bond donors (Lipinski definition) is 2. The molecule has 3 rings (SSSR count). The van der Waals surface area contributed by atoms with E-state index in [9.17, 15) is 14.5 Å². The van der Waals surface area contributed by atoms with E-state index in [0.717, 1.165) is 37.7 Å². The van der Waals surface area contributed by atoms with Crippen LogP contribution in [0.4, 0.5) is 5.82 Å². The molecule has 0 saturated heterocycles. The van der Waals surface area contributed by atoms with Gasteiger partial charge in [0.25, 0.3) is 5.91 Å². The van der Waals surface area contributed by atoms with Crippen LogP contribution in [0.15, 0.2) is 11.4 Å². The normalized spacial score (nSPS) is 24.4. The van der Waals surface area contributed by atoms with Gasteiger partial charge in [0.15, 0.2) is 0 Å². The molecule has 1 aliphatic heterocycles. The largest absolute Gasteiger partial charge is 0.609 e. The standard InChI is InChI=1S/C15H22N4O3S/c1-23(22)15-17-9-10-5-4-8-16-13(20)14(21)19(12(10)18-15)11-6-2-3-7-11/h9,11,14,21H,2-8H2,1H3,(H,16,20). The quantitative estimate of drug-likeness (QED) is 0.596. The molecule has 8 heteroatoms. The Morgan fingerprint density at radius 1 is 1.39 bits per heavy atom. The average Bonchev–Trinajstić information content (AvgIpc) is 3.06. The number of aromatic nitrogens is 2. The Morgan fingerprint density at radius 3 is 2.83 bits per heavy atom. The van der Waals surface area contributed by atoms with E-state index in [-0.39, 0.29) is 11.2 Å². The Morgan fingerprint density at radius 2 is 2.13 bits per heavy atom. The molecular weight excluding hydrogens is 316 g/mol. The van der Waals surface area contributed by atoms with Crippen LogP contribution in [0.1, 0.15) is 37.7 Å². The van der Waals surface area contributed by atoms with Crippen LogP contribution in [-0.2, 0) is 22.4 Å². The minimum atomic E-state index is -1.31. The fourth-order valence-corrected chi connectivity index (χ4v) is 3.72. The minimum Gasteiger partial charge on any atom is -0.609 e. The third-order valence-corrected chi connectivity index (χ3v) is 5.17. The average molecular weight is 338 g/mol. The molecule has 0 radical (unpaired) electrons. The first kappa shape index (κ1) is 16.5. The lowest BCUT2D eigenvalue weighted by molar-refractivity contribution is -0.129. The van der Waals surface area contributed by atoms with E-state index >= 15 is 0 Å². The van der Waals surface area contributed by atoms with Crippen LogP contribution in [-0.4, -0.2) is 50.6 Å². The summed E-state index contributed by atoms with van der Waals surface area (Å²) in [5, 5.41) is 13.6. The third kappa shape index (κ3) is 3.44. The molecule has 0 spiro atoms. The summed E-state index contributed by atoms with van der Waals surface area (Å²) in [5.41, 5.74) is 0.890. The number of carbonyl (C=O) groups excluding carboxylic acids is 1. The Bertz CT molecular complexity index is 578. The first-order valence-electron chi connectivity index (χ1n) is 8.01. The zero-order chi connectivity index (χ0) is 16.4. The second-order valence-corrected chi connectivity index (χ2v) is 7.34. The van der Waals surface area contributed by atoms with Gasteiger partial charge in [-0.05, 0) is 25.7 Å². The molecule has 2 N–H and O–H groups in total. The lowest BCUT2D eigenvalue weighted by atomic mass is 10.1. The molecule has 7 nitrogen and oxygen atoms in total. The monoisotopic (exact) mass is 338 g/mol. The first-order chi connectivity index (χ1) is 11.1. The number of amides is 1. The van der Waals surface area contributed by atoms with Gasteiger partial charge in [-0.25, -0.2) is 0 Å². The molecule has 1 aromatic rings. The molecule has 1 saturated carbocycles. The Labute approximate surface area is 138 Å². The van der Waals surface area contributed by atoms with Crippen molar-refractivity contribution in [3.05, 3.63) is 11.8 Å². The second kappa shape index (κ2) is 7.02. The zero-order valence-corrected chi connectivity index (χ0v) is 14.0. The highest BCUT2D eigenvalue weighted by Gasteiger charge is 2.35. The number of nitrogens with one attached hydrogen (secondary N) is 1. The molecule has 2 aliphatic rings. The molecule has 23 heavy (non-hydrogen) atoms. The molecule has 1 aromatic heterocycles. The molecule has 0 aromatic carbocycles. The smallest absolute Gasteiger partial charge is 0.344 e. The summed E-state index contributed by atoms with van der Waals surface area (Å²) in [5.74, 6) is 0.157. The number of aryl methyl sites for hydroxylation is 1. The highest BCUT2D eigenvalue weighted by atomic mass is 32.2. The third-order valence-electron chi connectivity index (χ3n) is 4.46. The highest BCUT2D eigenvalue weighted by Crippen LogP contribution is 2.32. The number of anilines is 1. The van der Waals surface area contributed by atoms with Crippen LogP contribution >= 0.6 is 0 Å². The Kier molecular flexibility index (Phi) is 5.03. The number of carbonyl (C=O) groups is 1. The number of aliphatic hydroxyl groups is 1. The molecule has 2 heterocycles. The number of fused-ring (bicyclic) bond motifs is 1. The summed E-state index contributed by atoms with van der Waals surface area (Å²) in [6, 6.07) is 0.0700. The van der Waals surface area contributed by atoms with E-state index in [4.69, 9.17) is 0 Å². The van der Waals surface area contributed by atoms with Gasteiger partial charge in [-0.3, -0.25) is 4.79 Å². The maximum Gasteiger partial charge on any atom is 0.344 e. The van der Waals surface area contributed by atoms with Gasteiger partial charge >= 0.3 is 5.16 Å². The van der Waals surface area contributed by atoms with Crippen molar-refractivity contribution >= 4 is 22.9 Å². The van der Waals surface area contributed by atoms with Gasteiger partial charge in [0.05, 0.1) is 0 Å². The number of nitrogens with zero attached hydrogens (tertiary/aromatic N) is 3. The van der Waals surface area contributed by atoms with Crippen molar-refractivity contribution < 1.29 is 14.5 Å². The minimum absolute atomic E-state index is 0.0700. The predicted molar refractivity (Wildman–Crippen MR) is 86.4 cm³/mol. The van der Waals surface area contributed by atoms with Gasteiger partial charge < -0.3 is 19.9 Å². The lowest BCUT2D eigenvalue weighted by Gasteiger charge is -2.34. The summed E-state index contributed by atoms with van der Waals surface area (Å²) >= 11 is -1.31. The summed E-state index contributed by atoms with van der Waals surface area (Å²) in [6.07, 6.45) is 7.37. The summed E-state index contributed by atoms with van der Waals surface area (Å²) in [7, 11) is 0. The van der Waals surface area contributed by atoms with E-state index in [1.165, 1.54) is 6.26 Å². The van der Waals surface area contributed by atoms with Crippen molar-refractivity contribution in [2.24, 2.45) is 0 Å². The van der Waals surface area contributed by atoms with Crippen molar-refractivity contribution in [1.29, 1.82) is 0 Å². The summed E-state index contributed by atoms with van der Waals surface area (Å²) in [4.78, 5) is 22.5. The number of rotatable bonds is 2. The van der Waals surface area contributed by atoms with E-state index in [0.29, 0.717) is 18.8 Å². The topological polar surface area (TPSA) is 101 Å². The number of aliphatic hydroxyl groups excluding tert-OH is 1. The first-order valence-corrected chi connectivity index (χ1v) is 9.57. The maximum atomic E-state index is 12.2. The van der Waals surface area contributed by atoms with Crippen LogP contribution in [0.5, 0.6) is 0 Å². The van der Waals surface area contributed by atoms with E-state index in [1.54, 1.807) is 11.1 Å². The van der Waals surface area contributed by atoms with Crippen molar-refractivity contribution in [3.8, 4) is 0 Å². The van der Waals surface area contributed by atoms with Crippen LogP contribution in [0.25, 0.3) is 0 Å². The predicted octanol–water partition coefficient (Wildman–Crippen LogP) is 0.344. The van der Waals surface area contributed by atoms with Crippen LogP contribution in [0, 0.1) is 0 Å². The van der Waals surface area contributed by atoms with Crippen LogP contribution in [0.3, 0.4) is 0 Å². The SMILES string of the molecule is C[S+]([O-])c1ncc2c(n1)N(C1CCCC1)C(O)C(=O)NCCC2. The Hall–Kier alpha value is -1.38. The Balaban J connectivity index is 2.07. The second-order valence-electron chi connectivity index (χ2n) is 6.07. The maximum absolute atomic E-state index is 12.2. The van der Waals surface area contributed by atoms with Crippen molar-refractivity contribution in [3.63, 3.8) is 0 Å². The van der Waals surface area contributed by atoms with Gasteiger partial charge in [-0.15, -0.1) is 0 Å². The van der Waals surface area contributed by atoms with E-state index in [1.807, 2.05) is 0 Å². The van der Waals surface area contributed by atoms with Gasteiger partial charge in [0.2, 0.25) is 6.23 Å². The van der Waals surface area contributed by atoms with Crippen molar-refractivity contribution in [1.82, 2.24) is 15.3 Å². The van der Waals surface area contributed by atoms with Gasteiger partial charge in [0.1, 0.15) is 12.1 Å². The molecule has 126 valence electrons. The molecule has 1 aliphatic carbocycles. The highest BCUT2D eigenvalue weighted by molar-refractivity contribution is 7.90. The van der Waals surface area contributed by atoms with E-state index in [2.05, 4.69) is 15.3 Å². The van der Waals surface area contributed by atoms with Gasteiger partial charge in [-0.2, -0.15) is 9.97 Å². The van der Waals surface area contributed by atoms with E-state index < -0.39 is 23.3 Å². The van der Waals surface area contributed by atoms with Gasteiger partial charge in [0, 0.05) is 35.5 Å².